The average Bonchev–Trinajstić information content (AvgIpc) is 3.16. The van der Waals surface area contributed by atoms with Crippen molar-refractivity contribution in [3.8, 4) is 0 Å². The molecule has 0 radical (unpaired) electrons. The van der Waals surface area contributed by atoms with Crippen LogP contribution in [0.15, 0.2) is 0 Å². The van der Waals surface area contributed by atoms with Crippen molar-refractivity contribution in [1.82, 2.24) is 0 Å². The molecule has 0 aromatic heterocycles. The van der Waals surface area contributed by atoms with E-state index in [0.717, 1.165) is 6.42 Å². The topological polar surface area (TPSA) is 132 Å². The SMILES string of the molecule is C[C@H](CCC(=O)OCC(F)(F)S(=O)(=O)O)[C@H]1CC[C@H]2[C@@H]3C(=O)C[C@@H]4CC(=O)CC[C@]4(C)[C@H]3CC(=O)[C@]12C. The van der Waals surface area contributed by atoms with Gasteiger partial charge in [-0.3, -0.25) is 23.7 Å². The fourth-order valence-electron chi connectivity index (χ4n) is 8.25. The number of ether oxygens (including phenoxy) is 1. The molecule has 37 heavy (non-hydrogen) atoms. The van der Waals surface area contributed by atoms with Gasteiger partial charge in [0.05, 0.1) is 0 Å². The maximum atomic E-state index is 13.8. The van der Waals surface area contributed by atoms with Crippen molar-refractivity contribution < 1.29 is 45.7 Å². The molecule has 4 saturated carbocycles. The summed E-state index contributed by atoms with van der Waals surface area (Å²) in [7, 11) is -5.69. The number of ketones is 3. The minimum Gasteiger partial charge on any atom is -0.458 e. The molecular formula is C26H36F2O8S. The molecule has 0 heterocycles. The first kappa shape index (κ1) is 28.3. The van der Waals surface area contributed by atoms with Crippen LogP contribution in [0.1, 0.15) is 78.6 Å². The Balaban J connectivity index is 1.44. The molecule has 4 rings (SSSR count). The van der Waals surface area contributed by atoms with Crippen LogP contribution >= 0.6 is 0 Å². The number of rotatable bonds is 7. The van der Waals surface area contributed by atoms with Gasteiger partial charge in [-0.15, -0.1) is 0 Å². The van der Waals surface area contributed by atoms with E-state index in [-0.39, 0.29) is 71.1 Å². The van der Waals surface area contributed by atoms with E-state index >= 15 is 0 Å². The minimum atomic E-state index is -5.69. The molecule has 11 heteroatoms. The molecule has 0 unspecified atom stereocenters. The lowest BCUT2D eigenvalue weighted by atomic mass is 9.44. The van der Waals surface area contributed by atoms with Gasteiger partial charge in [-0.2, -0.15) is 17.2 Å². The van der Waals surface area contributed by atoms with Crippen LogP contribution in [0.25, 0.3) is 0 Å². The summed E-state index contributed by atoms with van der Waals surface area (Å²) in [6.07, 6.45) is 3.73. The highest BCUT2D eigenvalue weighted by molar-refractivity contribution is 7.86. The first-order valence-corrected chi connectivity index (χ1v) is 14.5. The number of alkyl halides is 2. The fourth-order valence-corrected chi connectivity index (χ4v) is 8.46. The zero-order chi connectivity index (χ0) is 27.6. The molecule has 0 aromatic carbocycles. The summed E-state index contributed by atoms with van der Waals surface area (Å²) in [6.45, 7) is 4.21. The number of carbonyl (C=O) groups is 4. The molecule has 8 nitrogen and oxygen atoms in total. The van der Waals surface area contributed by atoms with Crippen LogP contribution in [-0.2, 0) is 34.0 Å². The first-order chi connectivity index (χ1) is 17.0. The van der Waals surface area contributed by atoms with Crippen LogP contribution in [-0.4, -0.2) is 48.2 Å². The predicted molar refractivity (Wildman–Crippen MR) is 127 cm³/mol. The molecule has 4 fully saturated rings. The molecule has 4 aliphatic carbocycles. The van der Waals surface area contributed by atoms with Gasteiger partial charge in [-0.1, -0.05) is 20.8 Å². The molecule has 0 aliphatic heterocycles. The largest absolute Gasteiger partial charge is 0.458 e. The Kier molecular flexibility index (Phi) is 7.23. The molecule has 0 spiro atoms. The Morgan fingerprint density at radius 2 is 1.81 bits per heavy atom. The van der Waals surface area contributed by atoms with Gasteiger partial charge in [0.15, 0.2) is 6.61 Å². The number of hydrogen-bond acceptors (Lipinski definition) is 7. The fraction of sp³-hybridized carbons (Fsp3) is 0.846. The number of fused-ring (bicyclic) bond motifs is 5. The van der Waals surface area contributed by atoms with Gasteiger partial charge in [0.1, 0.15) is 17.3 Å². The normalized spacial score (nSPS) is 39.0. The third kappa shape index (κ3) is 4.68. The van der Waals surface area contributed by atoms with Crippen molar-refractivity contribution in [2.75, 3.05) is 6.61 Å². The molecule has 8 atom stereocenters. The Morgan fingerprint density at radius 1 is 1.14 bits per heavy atom. The number of esters is 1. The number of carbonyl (C=O) groups excluding carboxylic acids is 4. The second-order valence-corrected chi connectivity index (χ2v) is 13.8. The van der Waals surface area contributed by atoms with E-state index in [4.69, 9.17) is 4.55 Å². The summed E-state index contributed by atoms with van der Waals surface area (Å²) in [5, 5.41) is -4.58. The van der Waals surface area contributed by atoms with Crippen LogP contribution < -0.4 is 0 Å². The molecule has 0 bridgehead atoms. The van der Waals surface area contributed by atoms with Crippen LogP contribution in [0, 0.1) is 46.3 Å². The number of halogens is 2. The van der Waals surface area contributed by atoms with Crippen molar-refractivity contribution in [3.05, 3.63) is 0 Å². The minimum absolute atomic E-state index is 0.00464. The van der Waals surface area contributed by atoms with E-state index in [1.807, 2.05) is 13.8 Å². The molecule has 0 aromatic rings. The lowest BCUT2D eigenvalue weighted by Crippen LogP contribution is -2.60. The maximum absolute atomic E-state index is 13.8. The van der Waals surface area contributed by atoms with Gasteiger partial charge in [0, 0.05) is 43.4 Å². The predicted octanol–water partition coefficient (Wildman–Crippen LogP) is 4.01. The molecule has 0 saturated heterocycles. The second-order valence-electron chi connectivity index (χ2n) is 12.2. The van der Waals surface area contributed by atoms with Gasteiger partial charge in [-0.05, 0) is 60.7 Å². The molecule has 1 N–H and O–H groups in total. The smallest absolute Gasteiger partial charge is 0.402 e. The number of hydrogen-bond donors (Lipinski definition) is 1. The van der Waals surface area contributed by atoms with Crippen molar-refractivity contribution >= 4 is 33.4 Å². The standard InChI is InChI=1S/C26H36F2O8S/c1-14(4-7-22(32)36-13-26(27,28)37(33,34)35)17-5-6-18-23-19(12-21(31)25(17,18)3)24(2)9-8-16(29)10-15(24)11-20(23)30/h14-15,17-19,23H,4-13H2,1-3H3,(H,33,34,35)/t14-,15+,17-,18+,19+,23+,24+,25-/m1/s1. The summed E-state index contributed by atoms with van der Waals surface area (Å²) in [5.74, 6) is -1.17. The Hall–Kier alpha value is -1.75. The zero-order valence-electron chi connectivity index (χ0n) is 21.5. The second kappa shape index (κ2) is 9.47. The third-order valence-corrected chi connectivity index (χ3v) is 11.4. The maximum Gasteiger partial charge on any atom is 0.402 e. The summed E-state index contributed by atoms with van der Waals surface area (Å²) in [6, 6.07) is 0. The molecule has 0 amide bonds. The lowest BCUT2D eigenvalue weighted by Gasteiger charge is -2.58. The Bertz CT molecular complexity index is 1100. The highest BCUT2D eigenvalue weighted by Crippen LogP contribution is 2.66. The molecule has 208 valence electrons. The quantitative estimate of drug-likeness (QED) is 0.374. The van der Waals surface area contributed by atoms with E-state index in [9.17, 15) is 36.4 Å². The summed E-state index contributed by atoms with van der Waals surface area (Å²) in [4.78, 5) is 51.3. The van der Waals surface area contributed by atoms with E-state index < -0.39 is 33.4 Å². The van der Waals surface area contributed by atoms with E-state index in [1.165, 1.54) is 0 Å². The molecule has 4 aliphatic rings. The van der Waals surface area contributed by atoms with Gasteiger partial charge in [0.25, 0.3) is 0 Å². The Morgan fingerprint density at radius 3 is 2.46 bits per heavy atom. The van der Waals surface area contributed by atoms with Crippen LogP contribution in [0.2, 0.25) is 0 Å². The Labute approximate surface area is 216 Å². The zero-order valence-corrected chi connectivity index (χ0v) is 22.3. The highest BCUT2D eigenvalue weighted by atomic mass is 32.2. The first-order valence-electron chi connectivity index (χ1n) is 13.1. The summed E-state index contributed by atoms with van der Waals surface area (Å²) >= 11 is 0. The van der Waals surface area contributed by atoms with Crippen LogP contribution in [0.5, 0.6) is 0 Å². The highest BCUT2D eigenvalue weighted by Gasteiger charge is 2.66. The average molecular weight is 547 g/mol. The van der Waals surface area contributed by atoms with Crippen LogP contribution in [0.4, 0.5) is 8.78 Å². The van der Waals surface area contributed by atoms with E-state index in [0.29, 0.717) is 38.5 Å². The number of Topliss-reactive ketones (excluding diaryl/α,β-unsaturated/α-hetero) is 3. The van der Waals surface area contributed by atoms with Gasteiger partial charge < -0.3 is 4.74 Å². The van der Waals surface area contributed by atoms with E-state index in [2.05, 4.69) is 11.7 Å². The van der Waals surface area contributed by atoms with Gasteiger partial charge >= 0.3 is 21.3 Å². The van der Waals surface area contributed by atoms with Gasteiger partial charge in [0.2, 0.25) is 0 Å². The summed E-state index contributed by atoms with van der Waals surface area (Å²) < 4.78 is 61.0. The van der Waals surface area contributed by atoms with Crippen molar-refractivity contribution in [2.45, 2.75) is 83.8 Å². The monoisotopic (exact) mass is 546 g/mol. The molecular weight excluding hydrogens is 510 g/mol. The van der Waals surface area contributed by atoms with E-state index in [1.54, 1.807) is 0 Å². The summed E-state index contributed by atoms with van der Waals surface area (Å²) in [5.41, 5.74) is -0.938. The van der Waals surface area contributed by atoms with Crippen molar-refractivity contribution in [3.63, 3.8) is 0 Å². The van der Waals surface area contributed by atoms with Crippen molar-refractivity contribution in [2.24, 2.45) is 46.3 Å². The third-order valence-electron chi connectivity index (χ3n) is 10.5. The van der Waals surface area contributed by atoms with Gasteiger partial charge in [-0.25, -0.2) is 0 Å². The van der Waals surface area contributed by atoms with Crippen molar-refractivity contribution in [1.29, 1.82) is 0 Å². The van der Waals surface area contributed by atoms with Crippen LogP contribution in [0.3, 0.4) is 0 Å². The lowest BCUT2D eigenvalue weighted by molar-refractivity contribution is -0.166.